The molecule has 0 saturated carbocycles. The smallest absolute Gasteiger partial charge is 0.264 e. The van der Waals surface area contributed by atoms with Gasteiger partial charge in [-0.05, 0) is 73.8 Å². The summed E-state index contributed by atoms with van der Waals surface area (Å²) in [4.78, 5) is 41.9. The molecule has 3 amide bonds. The molecule has 1 aromatic heterocycles. The molecule has 4 aromatic rings. The van der Waals surface area contributed by atoms with Crippen molar-refractivity contribution in [2.45, 2.75) is 89.3 Å². The van der Waals surface area contributed by atoms with Gasteiger partial charge in [-0.3, -0.25) is 19.1 Å². The average molecular weight is 771 g/mol. The number of rotatable bonds is 14. The second-order valence-electron chi connectivity index (χ2n) is 15.0. The van der Waals surface area contributed by atoms with Crippen LogP contribution < -0.4 is 25.5 Å². The molecule has 0 aliphatic carbocycles. The number of aryl methyl sites for hydroxylation is 1. The first-order valence-electron chi connectivity index (χ1n) is 18.5. The zero-order valence-corrected chi connectivity index (χ0v) is 33.0. The van der Waals surface area contributed by atoms with Crippen molar-refractivity contribution >= 4 is 48.0 Å². The Kier molecular flexibility index (Phi) is 11.6. The third kappa shape index (κ3) is 7.80. The molecule has 292 valence electrons. The van der Waals surface area contributed by atoms with E-state index in [1.54, 1.807) is 53.1 Å². The quantitative estimate of drug-likeness (QED) is 0.119. The Hall–Kier alpha value is -4.93. The number of methoxy groups -OCH3 is 1. The van der Waals surface area contributed by atoms with Crippen LogP contribution in [0.25, 0.3) is 0 Å². The molecular weight excluding hydrogens is 721 g/mol. The summed E-state index contributed by atoms with van der Waals surface area (Å²) in [5, 5.41) is 44.3. The molecule has 14 nitrogen and oxygen atoms in total. The number of benzene rings is 3. The zero-order valence-electron chi connectivity index (χ0n) is 32.0. The van der Waals surface area contributed by atoms with Crippen LogP contribution in [0.3, 0.4) is 0 Å². The number of nitrogens with zero attached hydrogens (tertiary/aromatic N) is 4. The number of carbonyl (C=O) groups is 3. The first-order valence-corrected chi connectivity index (χ1v) is 21.6. The van der Waals surface area contributed by atoms with E-state index in [1.165, 1.54) is 19.0 Å². The fourth-order valence-electron chi connectivity index (χ4n) is 8.18. The van der Waals surface area contributed by atoms with Crippen molar-refractivity contribution in [2.75, 3.05) is 29.3 Å². The summed E-state index contributed by atoms with van der Waals surface area (Å²) in [7, 11) is -0.841. The molecule has 6 atom stereocenters. The van der Waals surface area contributed by atoms with Gasteiger partial charge in [-0.25, -0.2) is 0 Å². The Morgan fingerprint density at radius 2 is 1.67 bits per heavy atom. The lowest BCUT2D eigenvalue weighted by molar-refractivity contribution is -0.146. The minimum absolute atomic E-state index is 0.0351. The van der Waals surface area contributed by atoms with E-state index in [-0.39, 0.29) is 30.5 Å². The fourth-order valence-corrected chi connectivity index (χ4v) is 12.2. The SMILES string of the molecule is COc1ccc([Si](C)(C)[C@@H]2[C@@H](CCn3cc(CCO)nn3)O[C@]3(C(=O)N(Cc4cccc(NC(=O)[C@H](C)O)c4)c4ccc(NC(=O)[C@H](C)O)cc43)[C@H]2C)cc1. The summed E-state index contributed by atoms with van der Waals surface area (Å²) >= 11 is 0. The van der Waals surface area contributed by atoms with Gasteiger partial charge in [-0.15, -0.1) is 5.10 Å². The van der Waals surface area contributed by atoms with Crippen molar-refractivity contribution in [3.05, 3.63) is 89.7 Å². The summed E-state index contributed by atoms with van der Waals surface area (Å²) in [5.74, 6) is -0.958. The maximum Gasteiger partial charge on any atom is 0.264 e. The molecule has 0 radical (unpaired) electrons. The van der Waals surface area contributed by atoms with Gasteiger partial charge in [-0.1, -0.05) is 54.7 Å². The first-order chi connectivity index (χ1) is 26.2. The minimum atomic E-state index is -2.47. The number of amides is 3. The van der Waals surface area contributed by atoms with Crippen molar-refractivity contribution in [1.82, 2.24) is 15.0 Å². The highest BCUT2D eigenvalue weighted by atomic mass is 28.3. The molecule has 3 heterocycles. The van der Waals surface area contributed by atoms with E-state index >= 15 is 4.79 Å². The van der Waals surface area contributed by atoms with Crippen LogP contribution in [0, 0.1) is 5.92 Å². The van der Waals surface area contributed by atoms with Gasteiger partial charge in [0.15, 0.2) is 5.60 Å². The minimum Gasteiger partial charge on any atom is -0.497 e. The second-order valence-corrected chi connectivity index (χ2v) is 19.7. The first kappa shape index (κ1) is 39.8. The topological polar surface area (TPSA) is 188 Å². The number of aromatic nitrogens is 3. The molecule has 2 aliphatic heterocycles. The maximum absolute atomic E-state index is 15.3. The van der Waals surface area contributed by atoms with Crippen LogP contribution in [-0.4, -0.2) is 88.1 Å². The Balaban J connectivity index is 1.44. The molecule has 2 aliphatic rings. The zero-order chi connectivity index (χ0) is 39.7. The molecule has 15 heteroatoms. The molecule has 55 heavy (non-hydrogen) atoms. The van der Waals surface area contributed by atoms with Crippen LogP contribution in [0.4, 0.5) is 17.1 Å². The van der Waals surface area contributed by atoms with Gasteiger partial charge in [0, 0.05) is 48.6 Å². The normalized spacial score (nSPS) is 21.7. The van der Waals surface area contributed by atoms with Crippen molar-refractivity contribution in [3.63, 3.8) is 0 Å². The van der Waals surface area contributed by atoms with Gasteiger partial charge in [0.05, 0.1) is 39.2 Å². The van der Waals surface area contributed by atoms with E-state index in [1.807, 2.05) is 24.4 Å². The predicted octanol–water partition coefficient (Wildman–Crippen LogP) is 3.31. The Labute approximate surface area is 321 Å². The number of carbonyl (C=O) groups excluding carboxylic acids is 3. The van der Waals surface area contributed by atoms with Crippen LogP contribution in [-0.2, 0) is 44.2 Å². The molecule has 0 unspecified atom stereocenters. The predicted molar refractivity (Wildman–Crippen MR) is 210 cm³/mol. The van der Waals surface area contributed by atoms with E-state index in [0.29, 0.717) is 47.7 Å². The lowest BCUT2D eigenvalue weighted by Gasteiger charge is -2.37. The van der Waals surface area contributed by atoms with Gasteiger partial charge < -0.3 is 40.3 Å². The Morgan fingerprint density at radius 1 is 1.00 bits per heavy atom. The second kappa shape index (κ2) is 16.0. The number of ether oxygens (including phenoxy) is 2. The Bertz CT molecular complexity index is 2040. The molecule has 6 rings (SSSR count). The number of anilines is 3. The third-order valence-corrected chi connectivity index (χ3v) is 15.4. The monoisotopic (exact) mass is 770 g/mol. The summed E-state index contributed by atoms with van der Waals surface area (Å²) in [5.41, 5.74) is 2.05. The summed E-state index contributed by atoms with van der Waals surface area (Å²) in [6, 6.07) is 20.5. The van der Waals surface area contributed by atoms with Crippen LogP contribution in [0.2, 0.25) is 18.6 Å². The van der Waals surface area contributed by atoms with Gasteiger partial charge in [0.2, 0.25) is 0 Å². The van der Waals surface area contributed by atoms with Crippen molar-refractivity contribution in [1.29, 1.82) is 0 Å². The highest BCUT2D eigenvalue weighted by Crippen LogP contribution is 2.60. The number of nitrogens with one attached hydrogen (secondary N) is 2. The van der Waals surface area contributed by atoms with E-state index < -0.39 is 43.8 Å². The van der Waals surface area contributed by atoms with Crippen LogP contribution in [0.1, 0.15) is 44.0 Å². The van der Waals surface area contributed by atoms with E-state index in [9.17, 15) is 24.9 Å². The van der Waals surface area contributed by atoms with E-state index in [2.05, 4.69) is 53.1 Å². The fraction of sp³-hybridized carbons (Fsp3) is 0.425. The highest BCUT2D eigenvalue weighted by molar-refractivity contribution is 6.91. The van der Waals surface area contributed by atoms with Crippen LogP contribution in [0.15, 0.2) is 72.9 Å². The summed E-state index contributed by atoms with van der Waals surface area (Å²) < 4.78 is 14.5. The van der Waals surface area contributed by atoms with Gasteiger partial charge in [0.25, 0.3) is 17.7 Å². The van der Waals surface area contributed by atoms with Gasteiger partial charge in [0.1, 0.15) is 18.0 Å². The summed E-state index contributed by atoms with van der Waals surface area (Å²) in [6.45, 7) is 10.0. The van der Waals surface area contributed by atoms with Crippen molar-refractivity contribution in [3.8, 4) is 5.75 Å². The molecule has 0 bridgehead atoms. The number of hydrogen-bond acceptors (Lipinski definition) is 10. The lowest BCUT2D eigenvalue weighted by atomic mass is 9.82. The number of fused-ring (bicyclic) bond motifs is 2. The third-order valence-electron chi connectivity index (χ3n) is 11.0. The van der Waals surface area contributed by atoms with E-state index in [0.717, 1.165) is 11.3 Å². The molecule has 1 fully saturated rings. The molecule has 1 saturated heterocycles. The number of aliphatic hydroxyl groups excluding tert-OH is 3. The number of hydrogen-bond donors (Lipinski definition) is 5. The molecule has 5 N–H and O–H groups in total. The van der Waals surface area contributed by atoms with Crippen LogP contribution >= 0.6 is 0 Å². The van der Waals surface area contributed by atoms with Crippen molar-refractivity contribution in [2.24, 2.45) is 5.92 Å². The number of aliphatic hydroxyl groups is 3. The molecule has 3 aromatic carbocycles. The van der Waals surface area contributed by atoms with Gasteiger partial charge >= 0.3 is 0 Å². The lowest BCUT2D eigenvalue weighted by Crippen LogP contribution is -2.51. The maximum atomic E-state index is 15.3. The largest absolute Gasteiger partial charge is 0.497 e. The average Bonchev–Trinajstić information content (AvgIpc) is 3.80. The highest BCUT2D eigenvalue weighted by Gasteiger charge is 2.66. The molecular formula is C40H50N6O8Si. The molecule has 1 spiro atoms. The summed E-state index contributed by atoms with van der Waals surface area (Å²) in [6.07, 6.45) is -0.0988. The van der Waals surface area contributed by atoms with Crippen molar-refractivity contribution < 1.29 is 39.2 Å². The Morgan fingerprint density at radius 3 is 2.31 bits per heavy atom. The standard InChI is InChI=1S/C40H50N6O8Si/c1-24-36(55(5,6)32-13-11-31(53-4)12-14-32)35(16-18-45-23-30(17-19-47)43-44-45)54-40(24)33-21-29(42-38(51)26(3)49)10-15-34(33)46(39(40)52)22-27-8-7-9-28(20-27)41-37(50)25(2)48/h7-15,20-21,23-26,35-36,47-49H,16-19,22H2,1-6H3,(H,41,50)(H,42,51)/t24-,25-,26-,35+,36-,40+/m0/s1. The van der Waals surface area contributed by atoms with Gasteiger partial charge in [-0.2, -0.15) is 0 Å². The van der Waals surface area contributed by atoms with Crippen LogP contribution in [0.5, 0.6) is 5.75 Å². The van der Waals surface area contributed by atoms with E-state index in [4.69, 9.17) is 9.47 Å².